The first-order valence-corrected chi connectivity index (χ1v) is 8.43. The van der Waals surface area contributed by atoms with Gasteiger partial charge in [0.05, 0.1) is 0 Å². The quantitative estimate of drug-likeness (QED) is 0.201. The number of piperidine rings is 1. The number of nitrogens with one attached hydrogen (secondary N) is 1. The van der Waals surface area contributed by atoms with Crippen molar-refractivity contribution in [1.29, 1.82) is 0 Å². The van der Waals surface area contributed by atoms with Crippen molar-refractivity contribution >= 4 is 5.84 Å². The highest BCUT2D eigenvalue weighted by atomic mass is 16.4. The van der Waals surface area contributed by atoms with Crippen molar-refractivity contribution in [3.8, 4) is 0 Å². The van der Waals surface area contributed by atoms with Crippen molar-refractivity contribution in [3.63, 3.8) is 0 Å². The fourth-order valence-electron chi connectivity index (χ4n) is 2.94. The number of rotatable bonds is 9. The van der Waals surface area contributed by atoms with Crippen LogP contribution in [0.1, 0.15) is 59.3 Å². The van der Waals surface area contributed by atoms with Crippen LogP contribution in [-0.4, -0.2) is 48.2 Å². The monoisotopic (exact) mass is 298 g/mol. The third-order valence-corrected chi connectivity index (χ3v) is 4.59. The Hall–Kier alpha value is -0.810. The number of likely N-dealkylation sites (tertiary alicyclic amines) is 1. The molecule has 0 aromatic carbocycles. The number of nitrogens with two attached hydrogens (primary N) is 1. The van der Waals surface area contributed by atoms with Crippen LogP contribution in [-0.2, 0) is 0 Å². The molecule has 21 heavy (non-hydrogen) atoms. The second-order valence-corrected chi connectivity index (χ2v) is 6.90. The maximum atomic E-state index is 8.75. The van der Waals surface area contributed by atoms with Gasteiger partial charge in [-0.15, -0.1) is 0 Å². The maximum Gasteiger partial charge on any atom is 0.144 e. The summed E-state index contributed by atoms with van der Waals surface area (Å²) in [5.74, 6) is 0.332. The Balaban J connectivity index is 2.08. The van der Waals surface area contributed by atoms with Crippen LogP contribution in [0.15, 0.2) is 5.16 Å². The molecule has 0 radical (unpaired) electrons. The van der Waals surface area contributed by atoms with E-state index < -0.39 is 0 Å². The van der Waals surface area contributed by atoms with E-state index in [1.165, 1.54) is 38.9 Å². The fraction of sp³-hybridized carbons (Fsp3) is 0.938. The molecule has 0 aromatic heterocycles. The predicted molar refractivity (Wildman–Crippen MR) is 88.8 cm³/mol. The lowest BCUT2D eigenvalue weighted by atomic mass is 9.86. The predicted octanol–water partition coefficient (Wildman–Crippen LogP) is 2.39. The van der Waals surface area contributed by atoms with Gasteiger partial charge in [-0.05, 0) is 58.3 Å². The molecule has 1 aliphatic rings. The Labute approximate surface area is 130 Å². The smallest absolute Gasteiger partial charge is 0.144 e. The molecule has 0 spiro atoms. The minimum absolute atomic E-state index is 0.208. The molecule has 4 N–H and O–H groups in total. The van der Waals surface area contributed by atoms with Gasteiger partial charge in [0.1, 0.15) is 5.84 Å². The molecule has 5 nitrogen and oxygen atoms in total. The Kier molecular flexibility index (Phi) is 8.04. The van der Waals surface area contributed by atoms with Crippen LogP contribution in [0.2, 0.25) is 0 Å². The van der Waals surface area contributed by atoms with Gasteiger partial charge in [0.15, 0.2) is 0 Å². The van der Waals surface area contributed by atoms with Crippen LogP contribution >= 0.6 is 0 Å². The third-order valence-electron chi connectivity index (χ3n) is 4.59. The van der Waals surface area contributed by atoms with E-state index >= 15 is 0 Å². The number of nitrogens with zero attached hydrogens (tertiary/aromatic N) is 2. The standard InChI is InChI=1S/C16H34N4O/c1-4-11-20-12-7-14(8-13-20)18-10-6-5-9-16(2,3)15(17)19-21/h14,18,21H,4-13H2,1-3H3,(H2,17,19). The Bertz CT molecular complexity index is 309. The topological polar surface area (TPSA) is 73.9 Å². The van der Waals surface area contributed by atoms with Crippen molar-refractivity contribution in [3.05, 3.63) is 0 Å². The minimum atomic E-state index is -0.208. The van der Waals surface area contributed by atoms with E-state index in [0.717, 1.165) is 25.8 Å². The zero-order chi connectivity index (χ0) is 15.7. The van der Waals surface area contributed by atoms with Gasteiger partial charge >= 0.3 is 0 Å². The molecule has 0 amide bonds. The van der Waals surface area contributed by atoms with Crippen LogP contribution in [0, 0.1) is 5.41 Å². The first-order valence-electron chi connectivity index (χ1n) is 8.43. The molecule has 1 fully saturated rings. The molecule has 124 valence electrons. The first-order chi connectivity index (χ1) is 9.99. The van der Waals surface area contributed by atoms with E-state index in [4.69, 9.17) is 10.9 Å². The van der Waals surface area contributed by atoms with Crippen molar-refractivity contribution in [1.82, 2.24) is 10.2 Å². The molecule has 0 aromatic rings. The number of hydrogen-bond acceptors (Lipinski definition) is 4. The molecule has 0 atom stereocenters. The van der Waals surface area contributed by atoms with Crippen molar-refractivity contribution in [2.75, 3.05) is 26.2 Å². The molecule has 0 aliphatic carbocycles. The molecule has 0 bridgehead atoms. The third kappa shape index (κ3) is 6.66. The van der Waals surface area contributed by atoms with Crippen LogP contribution < -0.4 is 11.1 Å². The Morgan fingerprint density at radius 1 is 1.33 bits per heavy atom. The van der Waals surface area contributed by atoms with Crippen molar-refractivity contribution < 1.29 is 5.21 Å². The van der Waals surface area contributed by atoms with Gasteiger partial charge in [0.25, 0.3) is 0 Å². The molecular formula is C16H34N4O. The molecule has 0 saturated carbocycles. The van der Waals surface area contributed by atoms with Gasteiger partial charge < -0.3 is 21.2 Å². The zero-order valence-corrected chi connectivity index (χ0v) is 14.1. The molecule has 1 rings (SSSR count). The summed E-state index contributed by atoms with van der Waals surface area (Å²) in [4.78, 5) is 2.57. The van der Waals surface area contributed by atoms with Crippen LogP contribution in [0.4, 0.5) is 0 Å². The summed E-state index contributed by atoms with van der Waals surface area (Å²) in [6.45, 7) is 11.1. The molecule has 1 heterocycles. The fourth-order valence-corrected chi connectivity index (χ4v) is 2.94. The van der Waals surface area contributed by atoms with E-state index in [0.29, 0.717) is 11.9 Å². The average molecular weight is 298 g/mol. The number of hydrogen-bond donors (Lipinski definition) is 3. The van der Waals surface area contributed by atoms with Gasteiger partial charge in [0, 0.05) is 11.5 Å². The van der Waals surface area contributed by atoms with E-state index in [9.17, 15) is 0 Å². The van der Waals surface area contributed by atoms with Gasteiger partial charge in [-0.3, -0.25) is 0 Å². The minimum Gasteiger partial charge on any atom is -0.409 e. The van der Waals surface area contributed by atoms with Crippen molar-refractivity contribution in [2.45, 2.75) is 65.3 Å². The summed E-state index contributed by atoms with van der Waals surface area (Å²) in [5.41, 5.74) is 5.49. The Morgan fingerprint density at radius 3 is 2.57 bits per heavy atom. The molecule has 0 unspecified atom stereocenters. The van der Waals surface area contributed by atoms with E-state index in [1.54, 1.807) is 0 Å². The summed E-state index contributed by atoms with van der Waals surface area (Å²) in [5, 5.41) is 15.6. The van der Waals surface area contributed by atoms with Gasteiger partial charge in [-0.1, -0.05) is 32.3 Å². The van der Waals surface area contributed by atoms with Crippen molar-refractivity contribution in [2.24, 2.45) is 16.3 Å². The van der Waals surface area contributed by atoms with Gasteiger partial charge in [0.2, 0.25) is 0 Å². The normalized spacial score (nSPS) is 19.1. The van der Waals surface area contributed by atoms with Gasteiger partial charge in [-0.25, -0.2) is 0 Å². The van der Waals surface area contributed by atoms with E-state index in [2.05, 4.69) is 22.3 Å². The van der Waals surface area contributed by atoms with E-state index in [1.807, 2.05) is 13.8 Å². The Morgan fingerprint density at radius 2 is 2.00 bits per heavy atom. The maximum absolute atomic E-state index is 8.75. The van der Waals surface area contributed by atoms with Gasteiger partial charge in [-0.2, -0.15) is 0 Å². The number of oxime groups is 1. The summed E-state index contributed by atoms with van der Waals surface area (Å²) in [6.07, 6.45) is 7.01. The second-order valence-electron chi connectivity index (χ2n) is 6.90. The lowest BCUT2D eigenvalue weighted by Gasteiger charge is -2.32. The summed E-state index contributed by atoms with van der Waals surface area (Å²) >= 11 is 0. The molecule has 5 heteroatoms. The van der Waals surface area contributed by atoms with Crippen LogP contribution in [0.3, 0.4) is 0 Å². The lowest BCUT2D eigenvalue weighted by Crippen LogP contribution is -2.43. The zero-order valence-electron chi connectivity index (χ0n) is 14.1. The average Bonchev–Trinajstić information content (AvgIpc) is 2.48. The summed E-state index contributed by atoms with van der Waals surface area (Å²) < 4.78 is 0. The van der Waals surface area contributed by atoms with Crippen LogP contribution in [0.5, 0.6) is 0 Å². The second kappa shape index (κ2) is 9.26. The number of unbranched alkanes of at least 4 members (excludes halogenated alkanes) is 1. The highest BCUT2D eigenvalue weighted by molar-refractivity contribution is 5.85. The highest BCUT2D eigenvalue weighted by Gasteiger charge is 2.23. The first kappa shape index (κ1) is 18.2. The SMILES string of the molecule is CCCN1CCC(NCCCCC(C)(C)C(N)=NO)CC1. The largest absolute Gasteiger partial charge is 0.409 e. The molecular weight excluding hydrogens is 264 g/mol. The molecule has 1 aliphatic heterocycles. The lowest BCUT2D eigenvalue weighted by molar-refractivity contribution is 0.198. The highest BCUT2D eigenvalue weighted by Crippen LogP contribution is 2.23. The van der Waals surface area contributed by atoms with Crippen LogP contribution in [0.25, 0.3) is 0 Å². The number of amidine groups is 1. The van der Waals surface area contributed by atoms with E-state index in [-0.39, 0.29) is 5.41 Å². The molecule has 1 saturated heterocycles. The summed E-state index contributed by atoms with van der Waals surface area (Å²) in [7, 11) is 0. The summed E-state index contributed by atoms with van der Waals surface area (Å²) in [6, 6.07) is 0.690.